The van der Waals surface area contributed by atoms with Crippen LogP contribution in [-0.2, 0) is 11.2 Å². The molecule has 2 rings (SSSR count). The fourth-order valence-electron chi connectivity index (χ4n) is 1.77. The van der Waals surface area contributed by atoms with Gasteiger partial charge in [0.05, 0.1) is 16.6 Å². The van der Waals surface area contributed by atoms with E-state index in [2.05, 4.69) is 28.2 Å². The maximum atomic E-state index is 11.6. The number of carbonyl (C=O) groups excluding carboxylic acids is 1. The summed E-state index contributed by atoms with van der Waals surface area (Å²) in [6.45, 7) is 3.98. The first-order valence-corrected chi connectivity index (χ1v) is 6.18. The quantitative estimate of drug-likeness (QED) is 0.860. The van der Waals surface area contributed by atoms with E-state index in [1.165, 1.54) is 5.56 Å². The number of amides is 1. The average Bonchev–Trinajstić information content (AvgIpc) is 2.35. The molecule has 1 aromatic rings. The number of ether oxygens (including phenoxy) is 1. The molecule has 86 valence electrons. The summed E-state index contributed by atoms with van der Waals surface area (Å²) in [6.07, 6.45) is 1.23. The van der Waals surface area contributed by atoms with Crippen molar-refractivity contribution >= 4 is 27.5 Å². The molecular formula is C12H14BrNO2. The second kappa shape index (κ2) is 4.45. The van der Waals surface area contributed by atoms with Crippen LogP contribution < -0.4 is 10.1 Å². The van der Waals surface area contributed by atoms with Crippen molar-refractivity contribution in [1.82, 2.24) is 0 Å². The van der Waals surface area contributed by atoms with Gasteiger partial charge in [-0.05, 0) is 47.0 Å². The number of halogens is 1. The van der Waals surface area contributed by atoms with Gasteiger partial charge in [-0.1, -0.05) is 6.92 Å². The van der Waals surface area contributed by atoms with E-state index in [4.69, 9.17) is 4.74 Å². The van der Waals surface area contributed by atoms with E-state index in [9.17, 15) is 4.79 Å². The molecule has 1 unspecified atom stereocenters. The molecule has 1 aliphatic rings. The van der Waals surface area contributed by atoms with Crippen molar-refractivity contribution < 1.29 is 9.53 Å². The minimum absolute atomic E-state index is 0.00593. The van der Waals surface area contributed by atoms with E-state index < -0.39 is 0 Å². The number of aryl methyl sites for hydroxylation is 1. The minimum atomic E-state index is -0.0926. The van der Waals surface area contributed by atoms with E-state index in [0.717, 1.165) is 22.3 Å². The van der Waals surface area contributed by atoms with Gasteiger partial charge >= 0.3 is 0 Å². The number of benzene rings is 1. The van der Waals surface area contributed by atoms with Crippen molar-refractivity contribution in [2.24, 2.45) is 0 Å². The first-order chi connectivity index (χ1) is 7.60. The molecule has 1 amide bonds. The third-order valence-corrected chi connectivity index (χ3v) is 3.17. The van der Waals surface area contributed by atoms with Gasteiger partial charge < -0.3 is 10.1 Å². The highest BCUT2D eigenvalue weighted by atomic mass is 79.9. The fraction of sp³-hybridized carbons (Fsp3) is 0.417. The maximum Gasteiger partial charge on any atom is 0.228 e. The van der Waals surface area contributed by atoms with Gasteiger partial charge in [0, 0.05) is 0 Å². The monoisotopic (exact) mass is 283 g/mol. The Labute approximate surface area is 103 Å². The zero-order valence-electron chi connectivity index (χ0n) is 9.34. The van der Waals surface area contributed by atoms with Crippen molar-refractivity contribution in [3.8, 4) is 5.75 Å². The van der Waals surface area contributed by atoms with E-state index >= 15 is 0 Å². The normalized spacial score (nSPS) is 19.4. The largest absolute Gasteiger partial charge is 0.487 e. The Bertz CT molecular complexity index is 431. The summed E-state index contributed by atoms with van der Waals surface area (Å²) in [6, 6.07) is 4.00. The van der Waals surface area contributed by atoms with Crippen molar-refractivity contribution in [2.75, 3.05) is 5.32 Å². The number of anilines is 1. The number of nitrogens with one attached hydrogen (secondary N) is 1. The molecule has 0 bridgehead atoms. The fourth-order valence-corrected chi connectivity index (χ4v) is 2.37. The van der Waals surface area contributed by atoms with E-state index in [1.807, 2.05) is 19.1 Å². The Morgan fingerprint density at radius 3 is 3.00 bits per heavy atom. The van der Waals surface area contributed by atoms with Crippen LogP contribution in [0.25, 0.3) is 0 Å². The Kier molecular flexibility index (Phi) is 3.19. The number of rotatable bonds is 1. The highest BCUT2D eigenvalue weighted by Crippen LogP contribution is 2.37. The zero-order chi connectivity index (χ0) is 11.7. The average molecular weight is 284 g/mol. The van der Waals surface area contributed by atoms with Crippen molar-refractivity contribution in [3.63, 3.8) is 0 Å². The molecule has 1 aliphatic heterocycles. The van der Waals surface area contributed by atoms with Gasteiger partial charge in [-0.15, -0.1) is 0 Å². The predicted octanol–water partition coefficient (Wildman–Crippen LogP) is 3.12. The Morgan fingerprint density at radius 2 is 2.31 bits per heavy atom. The van der Waals surface area contributed by atoms with Gasteiger partial charge in [-0.25, -0.2) is 0 Å². The third-order valence-electron chi connectivity index (χ3n) is 2.58. The summed E-state index contributed by atoms with van der Waals surface area (Å²) >= 11 is 3.48. The van der Waals surface area contributed by atoms with E-state index in [1.54, 1.807) is 0 Å². The van der Waals surface area contributed by atoms with Crippen LogP contribution in [0.15, 0.2) is 16.6 Å². The van der Waals surface area contributed by atoms with Gasteiger partial charge in [-0.3, -0.25) is 4.79 Å². The molecule has 0 fully saturated rings. The summed E-state index contributed by atoms with van der Waals surface area (Å²) in [7, 11) is 0. The lowest BCUT2D eigenvalue weighted by molar-refractivity contribution is -0.117. The molecule has 0 radical (unpaired) electrons. The summed E-state index contributed by atoms with van der Waals surface area (Å²) in [5.74, 6) is 0.738. The second-order valence-electron chi connectivity index (χ2n) is 3.99. The van der Waals surface area contributed by atoms with Crippen molar-refractivity contribution in [1.29, 1.82) is 0 Å². The van der Waals surface area contributed by atoms with Crippen LogP contribution in [0.5, 0.6) is 5.75 Å². The maximum absolute atomic E-state index is 11.6. The van der Waals surface area contributed by atoms with Crippen LogP contribution >= 0.6 is 15.9 Å². The minimum Gasteiger partial charge on any atom is -0.487 e. The van der Waals surface area contributed by atoms with Crippen LogP contribution in [0.1, 0.15) is 25.8 Å². The number of hydrogen-bond donors (Lipinski definition) is 1. The second-order valence-corrected chi connectivity index (χ2v) is 4.84. The first kappa shape index (κ1) is 11.5. The highest BCUT2D eigenvalue weighted by Gasteiger charge is 2.21. The van der Waals surface area contributed by atoms with Gasteiger partial charge in [0.1, 0.15) is 6.10 Å². The predicted molar refractivity (Wildman–Crippen MR) is 66.9 cm³/mol. The smallest absolute Gasteiger partial charge is 0.228 e. The SMILES string of the molecule is CCc1cc(Br)c2c(c1)NC(=O)CC(C)O2. The lowest BCUT2D eigenvalue weighted by Gasteiger charge is -2.14. The molecule has 3 nitrogen and oxygen atoms in total. The molecular weight excluding hydrogens is 270 g/mol. The molecule has 0 aromatic heterocycles. The van der Waals surface area contributed by atoms with Crippen LogP contribution in [0.3, 0.4) is 0 Å². The zero-order valence-corrected chi connectivity index (χ0v) is 10.9. The van der Waals surface area contributed by atoms with Gasteiger partial charge in [-0.2, -0.15) is 0 Å². The van der Waals surface area contributed by atoms with Crippen molar-refractivity contribution in [2.45, 2.75) is 32.8 Å². The first-order valence-electron chi connectivity index (χ1n) is 5.39. The van der Waals surface area contributed by atoms with Gasteiger partial charge in [0.15, 0.2) is 5.75 Å². The van der Waals surface area contributed by atoms with Crippen LogP contribution in [0, 0.1) is 0 Å². The van der Waals surface area contributed by atoms with Crippen molar-refractivity contribution in [3.05, 3.63) is 22.2 Å². The topological polar surface area (TPSA) is 38.3 Å². The molecule has 1 atom stereocenters. The Morgan fingerprint density at radius 1 is 1.56 bits per heavy atom. The third kappa shape index (κ3) is 2.21. The van der Waals surface area contributed by atoms with Gasteiger partial charge in [0.2, 0.25) is 5.91 Å². The highest BCUT2D eigenvalue weighted by molar-refractivity contribution is 9.10. The van der Waals surface area contributed by atoms with Crippen LogP contribution in [0.4, 0.5) is 5.69 Å². The lowest BCUT2D eigenvalue weighted by atomic mass is 10.1. The summed E-state index contributed by atoms with van der Waals surface area (Å²) in [5.41, 5.74) is 1.93. The van der Waals surface area contributed by atoms with E-state index in [-0.39, 0.29) is 12.0 Å². The Hall–Kier alpha value is -1.03. The Balaban J connectivity index is 2.48. The molecule has 0 saturated heterocycles. The molecule has 0 saturated carbocycles. The van der Waals surface area contributed by atoms with Gasteiger partial charge in [0.25, 0.3) is 0 Å². The standard InChI is InChI=1S/C12H14BrNO2/c1-3-8-5-9(13)12-10(6-8)14-11(15)4-7(2)16-12/h5-7H,3-4H2,1-2H3,(H,14,15). The number of hydrogen-bond acceptors (Lipinski definition) is 2. The molecule has 1 heterocycles. The molecule has 0 spiro atoms. The van der Waals surface area contributed by atoms with Crippen LogP contribution in [-0.4, -0.2) is 12.0 Å². The van der Waals surface area contributed by atoms with E-state index in [0.29, 0.717) is 6.42 Å². The number of carbonyl (C=O) groups is 1. The lowest BCUT2D eigenvalue weighted by Crippen LogP contribution is -2.17. The summed E-state index contributed by atoms with van der Waals surface area (Å²) in [5, 5.41) is 2.87. The summed E-state index contributed by atoms with van der Waals surface area (Å²) in [4.78, 5) is 11.6. The summed E-state index contributed by atoms with van der Waals surface area (Å²) < 4.78 is 6.63. The molecule has 4 heteroatoms. The molecule has 16 heavy (non-hydrogen) atoms. The van der Waals surface area contributed by atoms with Crippen LogP contribution in [0.2, 0.25) is 0 Å². The number of fused-ring (bicyclic) bond motifs is 1. The molecule has 0 aliphatic carbocycles. The molecule has 1 N–H and O–H groups in total. The molecule has 1 aromatic carbocycles.